The minimum atomic E-state index is 0.504. The smallest absolute Gasteiger partial charge is 0.105 e. The van der Waals surface area contributed by atoms with Crippen LogP contribution in [0.15, 0.2) is 42.7 Å². The van der Waals surface area contributed by atoms with E-state index in [2.05, 4.69) is 66.4 Å². The zero-order chi connectivity index (χ0) is 22.0. The van der Waals surface area contributed by atoms with Gasteiger partial charge in [-0.3, -0.25) is 0 Å². The third-order valence-corrected chi connectivity index (χ3v) is 6.72. The van der Waals surface area contributed by atoms with Crippen molar-refractivity contribution in [1.29, 1.82) is 0 Å². The number of nitrogens with zero attached hydrogens (tertiary/aromatic N) is 2. The molecule has 2 rings (SSSR count). The molecule has 1 aliphatic heterocycles. The van der Waals surface area contributed by atoms with Crippen molar-refractivity contribution >= 4 is 5.69 Å². The van der Waals surface area contributed by atoms with Crippen molar-refractivity contribution in [3.05, 3.63) is 42.7 Å². The van der Waals surface area contributed by atoms with E-state index in [-0.39, 0.29) is 0 Å². The lowest BCUT2D eigenvalue weighted by Crippen LogP contribution is -2.39. The van der Waals surface area contributed by atoms with Crippen molar-refractivity contribution in [2.75, 3.05) is 11.4 Å². The molecule has 0 amide bonds. The molecule has 0 saturated heterocycles. The van der Waals surface area contributed by atoms with E-state index in [0.29, 0.717) is 6.17 Å². The van der Waals surface area contributed by atoms with Crippen LogP contribution < -0.4 is 4.90 Å². The predicted molar refractivity (Wildman–Crippen MR) is 138 cm³/mol. The van der Waals surface area contributed by atoms with Gasteiger partial charge in [0.1, 0.15) is 6.17 Å². The van der Waals surface area contributed by atoms with Gasteiger partial charge >= 0.3 is 0 Å². The summed E-state index contributed by atoms with van der Waals surface area (Å²) >= 11 is 0. The Bertz CT molecular complexity index is 553. The molecule has 2 nitrogen and oxygen atoms in total. The van der Waals surface area contributed by atoms with E-state index in [4.69, 9.17) is 0 Å². The molecule has 0 aliphatic carbocycles. The van der Waals surface area contributed by atoms with E-state index < -0.39 is 0 Å². The van der Waals surface area contributed by atoms with Crippen LogP contribution in [0.25, 0.3) is 0 Å². The molecule has 1 atom stereocenters. The first-order valence-corrected chi connectivity index (χ1v) is 13.6. The Morgan fingerprint density at radius 2 is 1.10 bits per heavy atom. The molecular formula is C29H50N2. The number of rotatable bonds is 19. The van der Waals surface area contributed by atoms with Crippen LogP contribution >= 0.6 is 0 Å². The molecule has 1 heterocycles. The summed E-state index contributed by atoms with van der Waals surface area (Å²) in [5.74, 6) is 0. The summed E-state index contributed by atoms with van der Waals surface area (Å²) in [5.41, 5.74) is 1.32. The lowest BCUT2D eigenvalue weighted by molar-refractivity contribution is 0.279. The number of hydrogen-bond acceptors (Lipinski definition) is 2. The van der Waals surface area contributed by atoms with Gasteiger partial charge in [-0.2, -0.15) is 0 Å². The van der Waals surface area contributed by atoms with Gasteiger partial charge in [0.15, 0.2) is 0 Å². The first-order valence-electron chi connectivity index (χ1n) is 13.6. The fraction of sp³-hybridized carbons (Fsp3) is 0.724. The van der Waals surface area contributed by atoms with Crippen LogP contribution in [-0.2, 0) is 0 Å². The summed E-state index contributed by atoms with van der Waals surface area (Å²) in [6.45, 7) is 5.74. The van der Waals surface area contributed by atoms with Gasteiger partial charge in [-0.1, -0.05) is 122 Å². The Balaban J connectivity index is 1.48. The Morgan fingerprint density at radius 1 is 0.581 bits per heavy atom. The maximum Gasteiger partial charge on any atom is 0.105 e. The fourth-order valence-electron chi connectivity index (χ4n) is 4.86. The second kappa shape index (κ2) is 17.2. The first kappa shape index (κ1) is 25.8. The van der Waals surface area contributed by atoms with Gasteiger partial charge in [0, 0.05) is 24.6 Å². The van der Waals surface area contributed by atoms with Crippen LogP contribution in [0.1, 0.15) is 123 Å². The molecule has 0 spiro atoms. The van der Waals surface area contributed by atoms with Gasteiger partial charge in [-0.25, -0.2) is 0 Å². The lowest BCUT2D eigenvalue weighted by atomic mass is 10.0. The molecule has 31 heavy (non-hydrogen) atoms. The van der Waals surface area contributed by atoms with Crippen LogP contribution in [0.2, 0.25) is 0 Å². The van der Waals surface area contributed by atoms with E-state index >= 15 is 0 Å². The number of anilines is 1. The third-order valence-electron chi connectivity index (χ3n) is 6.72. The van der Waals surface area contributed by atoms with E-state index in [9.17, 15) is 0 Å². The van der Waals surface area contributed by atoms with Gasteiger partial charge in [-0.05, 0) is 31.4 Å². The minimum absolute atomic E-state index is 0.504. The maximum atomic E-state index is 2.54. The molecule has 0 saturated carbocycles. The van der Waals surface area contributed by atoms with Crippen LogP contribution in [0.4, 0.5) is 5.69 Å². The minimum Gasteiger partial charge on any atom is -0.356 e. The largest absolute Gasteiger partial charge is 0.356 e. The highest BCUT2D eigenvalue weighted by Crippen LogP contribution is 2.28. The second-order valence-electron chi connectivity index (χ2n) is 9.50. The normalized spacial score (nSPS) is 15.9. The summed E-state index contributed by atoms with van der Waals surface area (Å²) in [7, 11) is 0. The Hall–Kier alpha value is -1.44. The van der Waals surface area contributed by atoms with Crippen molar-refractivity contribution in [2.24, 2.45) is 0 Å². The highest BCUT2D eigenvalue weighted by molar-refractivity contribution is 5.51. The van der Waals surface area contributed by atoms with E-state index in [1.54, 1.807) is 0 Å². The molecule has 0 bridgehead atoms. The van der Waals surface area contributed by atoms with Crippen molar-refractivity contribution in [3.8, 4) is 0 Å². The molecule has 176 valence electrons. The van der Waals surface area contributed by atoms with Crippen LogP contribution in [0, 0.1) is 0 Å². The molecule has 0 fully saturated rings. The van der Waals surface area contributed by atoms with Gasteiger partial charge in [-0.15, -0.1) is 0 Å². The number of hydrogen-bond donors (Lipinski definition) is 0. The summed E-state index contributed by atoms with van der Waals surface area (Å²) in [6.07, 6.45) is 29.1. The molecule has 2 heteroatoms. The fourth-order valence-corrected chi connectivity index (χ4v) is 4.86. The van der Waals surface area contributed by atoms with Gasteiger partial charge in [0.25, 0.3) is 0 Å². The average molecular weight is 427 g/mol. The molecule has 1 aromatic rings. The van der Waals surface area contributed by atoms with Crippen molar-refractivity contribution in [2.45, 2.75) is 129 Å². The summed E-state index contributed by atoms with van der Waals surface area (Å²) in [4.78, 5) is 5.01. The molecule has 1 aromatic carbocycles. The molecule has 1 unspecified atom stereocenters. The molecular weight excluding hydrogens is 376 g/mol. The zero-order valence-electron chi connectivity index (χ0n) is 20.7. The third kappa shape index (κ3) is 10.6. The van der Waals surface area contributed by atoms with E-state index in [0.717, 1.165) is 6.54 Å². The van der Waals surface area contributed by atoms with Crippen LogP contribution in [0.3, 0.4) is 0 Å². The first-order chi connectivity index (χ1) is 15.4. The summed E-state index contributed by atoms with van der Waals surface area (Å²) < 4.78 is 0. The van der Waals surface area contributed by atoms with Crippen LogP contribution in [-0.4, -0.2) is 17.6 Å². The molecule has 0 N–H and O–H groups in total. The second-order valence-corrected chi connectivity index (χ2v) is 9.50. The number of benzene rings is 1. The SMILES string of the molecule is CCCCCCCCCCCCCCCCCC1N(CCC)C=CN1c1ccccc1. The molecule has 0 aromatic heterocycles. The van der Waals surface area contributed by atoms with Crippen molar-refractivity contribution < 1.29 is 0 Å². The quantitative estimate of drug-likeness (QED) is 0.203. The van der Waals surface area contributed by atoms with E-state index in [1.165, 1.54) is 115 Å². The standard InChI is InChI=1S/C29H50N2/c1-3-5-6-7-8-9-10-11-12-13-14-15-16-17-21-24-29-30(25-4-2)26-27-31(29)28-22-19-18-20-23-28/h18-20,22-23,26-27,29H,3-17,21,24-25H2,1-2H3. The Labute approximate surface area is 194 Å². The highest BCUT2D eigenvalue weighted by Gasteiger charge is 2.26. The van der Waals surface area contributed by atoms with Crippen molar-refractivity contribution in [3.63, 3.8) is 0 Å². The lowest BCUT2D eigenvalue weighted by Gasteiger charge is -2.33. The Morgan fingerprint density at radius 3 is 1.61 bits per heavy atom. The predicted octanol–water partition coefficient (Wildman–Crippen LogP) is 9.28. The van der Waals surface area contributed by atoms with Crippen molar-refractivity contribution in [1.82, 2.24) is 4.90 Å². The van der Waals surface area contributed by atoms with Gasteiger partial charge < -0.3 is 9.80 Å². The number of para-hydroxylation sites is 1. The highest BCUT2D eigenvalue weighted by atomic mass is 15.4. The van der Waals surface area contributed by atoms with Gasteiger partial charge in [0.2, 0.25) is 0 Å². The van der Waals surface area contributed by atoms with E-state index in [1.807, 2.05) is 0 Å². The van der Waals surface area contributed by atoms with Gasteiger partial charge in [0.05, 0.1) is 0 Å². The van der Waals surface area contributed by atoms with Crippen LogP contribution in [0.5, 0.6) is 0 Å². The molecule has 0 radical (unpaired) electrons. The topological polar surface area (TPSA) is 6.48 Å². The maximum absolute atomic E-state index is 2.54. The average Bonchev–Trinajstić information content (AvgIpc) is 3.19. The summed E-state index contributed by atoms with van der Waals surface area (Å²) in [5, 5.41) is 0. The number of unbranched alkanes of at least 4 members (excludes halogenated alkanes) is 14. The zero-order valence-corrected chi connectivity index (χ0v) is 20.7. The monoisotopic (exact) mass is 426 g/mol. The molecule has 1 aliphatic rings. The summed E-state index contributed by atoms with van der Waals surface area (Å²) in [6, 6.07) is 10.9. The Kier molecular flexibility index (Phi) is 14.3.